The number of rotatable bonds is 3. The molecule has 0 N–H and O–H groups in total. The van der Waals surface area contributed by atoms with E-state index in [1.54, 1.807) is 18.5 Å². The first kappa shape index (κ1) is 12.5. The molecular formula is C14H14N4O2. The first-order chi connectivity index (χ1) is 9.72. The van der Waals surface area contributed by atoms with Gasteiger partial charge < -0.3 is 4.74 Å². The van der Waals surface area contributed by atoms with Crippen molar-refractivity contribution in [1.29, 1.82) is 0 Å². The van der Waals surface area contributed by atoms with E-state index in [9.17, 15) is 4.79 Å². The molecule has 6 heteroatoms. The van der Waals surface area contributed by atoms with Crippen LogP contribution in [0.3, 0.4) is 0 Å². The minimum Gasteiger partial charge on any atom is -0.462 e. The van der Waals surface area contributed by atoms with Gasteiger partial charge in [-0.05, 0) is 13.8 Å². The summed E-state index contributed by atoms with van der Waals surface area (Å²) in [5.41, 5.74) is 1.99. The molecule has 1 aromatic carbocycles. The molecule has 1 atom stereocenters. The smallest absolute Gasteiger partial charge is 0.343 e. The maximum absolute atomic E-state index is 12.0. The van der Waals surface area contributed by atoms with Gasteiger partial charge in [-0.2, -0.15) is 10.2 Å². The predicted molar refractivity (Wildman–Crippen MR) is 72.0 cm³/mol. The van der Waals surface area contributed by atoms with Crippen LogP contribution in [0.5, 0.6) is 0 Å². The van der Waals surface area contributed by atoms with Gasteiger partial charge in [0.05, 0.1) is 12.3 Å². The lowest BCUT2D eigenvalue weighted by molar-refractivity contribution is 0.0526. The quantitative estimate of drug-likeness (QED) is 0.805. The van der Waals surface area contributed by atoms with Gasteiger partial charge in [0.2, 0.25) is 0 Å². The summed E-state index contributed by atoms with van der Waals surface area (Å²) in [6, 6.07) is 9.73. The maximum Gasteiger partial charge on any atom is 0.343 e. The number of aromatic nitrogens is 2. The monoisotopic (exact) mass is 270 g/mol. The van der Waals surface area contributed by atoms with Crippen LogP contribution in [-0.2, 0) is 4.74 Å². The number of hydrogen-bond donors (Lipinski definition) is 0. The number of ether oxygens (including phenoxy) is 1. The van der Waals surface area contributed by atoms with Gasteiger partial charge in [0.15, 0.2) is 12.0 Å². The second-order valence-corrected chi connectivity index (χ2v) is 4.45. The fourth-order valence-corrected chi connectivity index (χ4v) is 2.24. The van der Waals surface area contributed by atoms with E-state index < -0.39 is 5.97 Å². The molecule has 1 unspecified atom stereocenters. The summed E-state index contributed by atoms with van der Waals surface area (Å²) in [6.45, 7) is 3.86. The first-order valence-electron chi connectivity index (χ1n) is 6.44. The minimum absolute atomic E-state index is 0.312. The van der Waals surface area contributed by atoms with Crippen LogP contribution in [0.1, 0.15) is 34.7 Å². The predicted octanol–water partition coefficient (Wildman–Crippen LogP) is 3.01. The van der Waals surface area contributed by atoms with E-state index in [1.165, 1.54) is 0 Å². The van der Waals surface area contributed by atoms with Crippen LogP contribution in [0.2, 0.25) is 0 Å². The number of esters is 1. The van der Waals surface area contributed by atoms with Crippen molar-refractivity contribution in [2.24, 2.45) is 10.2 Å². The number of fused-ring (bicyclic) bond motifs is 1. The highest BCUT2D eigenvalue weighted by Crippen LogP contribution is 2.36. The van der Waals surface area contributed by atoms with Gasteiger partial charge in [-0.25, -0.2) is 9.48 Å². The van der Waals surface area contributed by atoms with E-state index in [0.29, 0.717) is 23.7 Å². The van der Waals surface area contributed by atoms with Gasteiger partial charge in [0.1, 0.15) is 5.56 Å². The molecule has 0 saturated heterocycles. The number of hydrogen-bond acceptors (Lipinski definition) is 5. The Hall–Kier alpha value is -2.50. The molecule has 0 fully saturated rings. The van der Waals surface area contributed by atoms with E-state index in [2.05, 4.69) is 15.3 Å². The van der Waals surface area contributed by atoms with E-state index in [-0.39, 0.29) is 6.17 Å². The van der Waals surface area contributed by atoms with Gasteiger partial charge in [-0.15, -0.1) is 5.11 Å². The van der Waals surface area contributed by atoms with Crippen molar-refractivity contribution >= 4 is 11.8 Å². The van der Waals surface area contributed by atoms with E-state index >= 15 is 0 Å². The molecule has 20 heavy (non-hydrogen) atoms. The molecule has 1 aliphatic heterocycles. The van der Waals surface area contributed by atoms with Crippen LogP contribution in [0.25, 0.3) is 0 Å². The molecule has 102 valence electrons. The van der Waals surface area contributed by atoms with Crippen molar-refractivity contribution in [3.8, 4) is 0 Å². The lowest BCUT2D eigenvalue weighted by atomic mass is 10.2. The topological polar surface area (TPSA) is 68.8 Å². The highest BCUT2D eigenvalue weighted by Gasteiger charge is 2.30. The van der Waals surface area contributed by atoms with Gasteiger partial charge in [-0.3, -0.25) is 0 Å². The molecule has 3 rings (SSSR count). The molecule has 0 radical (unpaired) electrons. The van der Waals surface area contributed by atoms with Crippen LogP contribution in [0.4, 0.5) is 5.82 Å². The molecular weight excluding hydrogens is 256 g/mol. The summed E-state index contributed by atoms with van der Waals surface area (Å²) in [7, 11) is 0. The average molecular weight is 270 g/mol. The van der Waals surface area contributed by atoms with Crippen molar-refractivity contribution in [2.75, 3.05) is 6.61 Å². The Morgan fingerprint density at radius 2 is 2.10 bits per heavy atom. The third-order valence-electron chi connectivity index (χ3n) is 3.13. The Morgan fingerprint density at radius 3 is 2.80 bits per heavy atom. The van der Waals surface area contributed by atoms with Gasteiger partial charge in [-0.1, -0.05) is 30.3 Å². The normalized spacial score (nSPS) is 16.2. The second kappa shape index (κ2) is 4.88. The molecule has 2 heterocycles. The van der Waals surface area contributed by atoms with Gasteiger partial charge >= 0.3 is 5.97 Å². The Morgan fingerprint density at radius 1 is 1.35 bits per heavy atom. The van der Waals surface area contributed by atoms with Crippen molar-refractivity contribution < 1.29 is 9.53 Å². The van der Waals surface area contributed by atoms with E-state index in [0.717, 1.165) is 5.56 Å². The summed E-state index contributed by atoms with van der Waals surface area (Å²) in [5, 5.41) is 12.7. The van der Waals surface area contributed by atoms with Crippen molar-refractivity contribution in [3.63, 3.8) is 0 Å². The summed E-state index contributed by atoms with van der Waals surface area (Å²) in [6.07, 6.45) is -0.312. The first-order valence-corrected chi connectivity index (χ1v) is 6.44. The molecule has 0 saturated carbocycles. The zero-order valence-electron chi connectivity index (χ0n) is 11.3. The third-order valence-corrected chi connectivity index (χ3v) is 3.13. The van der Waals surface area contributed by atoms with E-state index in [1.807, 2.05) is 30.3 Å². The van der Waals surface area contributed by atoms with Crippen molar-refractivity contribution in [3.05, 3.63) is 47.2 Å². The SMILES string of the molecule is CCOC(=O)c1c(C)nn2c1N=NC2c1ccccc1. The number of azo groups is 1. The van der Waals surface area contributed by atoms with E-state index in [4.69, 9.17) is 4.74 Å². The summed E-state index contributed by atoms with van der Waals surface area (Å²) >= 11 is 0. The van der Waals surface area contributed by atoms with Gasteiger partial charge in [0.25, 0.3) is 0 Å². The molecule has 0 aliphatic carbocycles. The third kappa shape index (κ3) is 1.89. The average Bonchev–Trinajstić information content (AvgIpc) is 2.97. The molecule has 0 bridgehead atoms. The van der Waals surface area contributed by atoms with Crippen LogP contribution < -0.4 is 0 Å². The van der Waals surface area contributed by atoms with Crippen LogP contribution >= 0.6 is 0 Å². The lowest BCUT2D eigenvalue weighted by Crippen LogP contribution is -2.06. The standard InChI is InChI=1S/C14H14N4O2/c1-3-20-14(19)11-9(2)17-18-12(15-16-13(11)18)10-7-5-4-6-8-10/h4-8,12H,3H2,1-2H3. The molecule has 1 aliphatic rings. The number of nitrogens with zero attached hydrogens (tertiary/aromatic N) is 4. The number of carbonyl (C=O) groups is 1. The Balaban J connectivity index is 2.03. The second-order valence-electron chi connectivity index (χ2n) is 4.45. The van der Waals surface area contributed by atoms with Crippen molar-refractivity contribution in [1.82, 2.24) is 9.78 Å². The fraction of sp³-hybridized carbons (Fsp3) is 0.286. The summed E-state index contributed by atoms with van der Waals surface area (Å²) < 4.78 is 6.70. The molecule has 2 aromatic rings. The largest absolute Gasteiger partial charge is 0.462 e. The minimum atomic E-state index is -0.404. The number of carbonyl (C=O) groups excluding carboxylic acids is 1. The highest BCUT2D eigenvalue weighted by molar-refractivity contribution is 5.95. The van der Waals surface area contributed by atoms with Crippen LogP contribution in [-0.4, -0.2) is 22.4 Å². The lowest BCUT2D eigenvalue weighted by Gasteiger charge is -2.07. The summed E-state index contributed by atoms with van der Waals surface area (Å²) in [5.74, 6) is 0.0636. The zero-order chi connectivity index (χ0) is 14.1. The Bertz CT molecular complexity index is 676. The molecule has 0 spiro atoms. The van der Waals surface area contributed by atoms with Crippen molar-refractivity contribution in [2.45, 2.75) is 20.0 Å². The zero-order valence-corrected chi connectivity index (χ0v) is 11.3. The molecule has 6 nitrogen and oxygen atoms in total. The number of aryl methyl sites for hydroxylation is 1. The fourth-order valence-electron chi connectivity index (χ4n) is 2.24. The van der Waals surface area contributed by atoms with Gasteiger partial charge in [0, 0.05) is 5.56 Å². The Labute approximate surface area is 116 Å². The number of benzene rings is 1. The summed E-state index contributed by atoms with van der Waals surface area (Å²) in [4.78, 5) is 12.0. The Kier molecular flexibility index (Phi) is 3.06. The highest BCUT2D eigenvalue weighted by atomic mass is 16.5. The molecule has 0 amide bonds. The maximum atomic E-state index is 12.0. The van der Waals surface area contributed by atoms with Crippen LogP contribution in [0.15, 0.2) is 40.6 Å². The van der Waals surface area contributed by atoms with Crippen LogP contribution in [0, 0.1) is 6.92 Å². The molecule has 1 aromatic heterocycles.